The molecule has 1 aliphatic heterocycles. The molecule has 1 fully saturated rings. The smallest absolute Gasteiger partial charge is 0.233 e. The highest BCUT2D eigenvalue weighted by atomic mass is 32.2. The highest BCUT2D eigenvalue weighted by Crippen LogP contribution is 2.26. The topological polar surface area (TPSA) is 49.3 Å². The van der Waals surface area contributed by atoms with Gasteiger partial charge in [0.15, 0.2) is 0 Å². The molecule has 2 N–H and O–H groups in total. The Morgan fingerprint density at radius 2 is 2.38 bits per heavy atom. The van der Waals surface area contributed by atoms with Gasteiger partial charge in [-0.2, -0.15) is 0 Å². The van der Waals surface area contributed by atoms with Crippen LogP contribution in [0.2, 0.25) is 0 Å². The molecule has 1 amide bonds. The van der Waals surface area contributed by atoms with Crippen molar-refractivity contribution in [1.29, 1.82) is 0 Å². The Kier molecular flexibility index (Phi) is 3.62. The van der Waals surface area contributed by atoms with E-state index < -0.39 is 5.54 Å². The summed E-state index contributed by atoms with van der Waals surface area (Å²) in [5.41, 5.74) is -0.486. The van der Waals surface area contributed by atoms with E-state index in [4.69, 9.17) is 5.11 Å². The van der Waals surface area contributed by atoms with Gasteiger partial charge in [-0.15, -0.1) is 11.8 Å². The maximum Gasteiger partial charge on any atom is 0.233 e. The normalized spacial score (nSPS) is 23.2. The number of thioether (sulfide) groups is 1. The summed E-state index contributed by atoms with van der Waals surface area (Å²) in [6.45, 7) is 3.63. The van der Waals surface area contributed by atoms with Crippen molar-refractivity contribution < 1.29 is 9.90 Å². The van der Waals surface area contributed by atoms with Crippen LogP contribution in [-0.4, -0.2) is 34.2 Å². The molecule has 13 heavy (non-hydrogen) atoms. The van der Waals surface area contributed by atoms with Crippen molar-refractivity contribution in [1.82, 2.24) is 5.32 Å². The van der Waals surface area contributed by atoms with Gasteiger partial charge >= 0.3 is 0 Å². The van der Waals surface area contributed by atoms with Crippen molar-refractivity contribution in [3.63, 3.8) is 0 Å². The lowest BCUT2D eigenvalue weighted by atomic mass is 10.1. The Morgan fingerprint density at radius 1 is 1.69 bits per heavy atom. The van der Waals surface area contributed by atoms with Gasteiger partial charge in [0.05, 0.1) is 17.4 Å². The van der Waals surface area contributed by atoms with Crippen LogP contribution in [0, 0.1) is 0 Å². The number of aliphatic hydroxyl groups is 1. The number of carbonyl (C=O) groups is 1. The van der Waals surface area contributed by atoms with Crippen LogP contribution in [0.15, 0.2) is 0 Å². The summed E-state index contributed by atoms with van der Waals surface area (Å²) >= 11 is 1.71. The molecule has 1 heterocycles. The second-order valence-corrected chi connectivity index (χ2v) is 5.34. The maximum absolute atomic E-state index is 11.6. The summed E-state index contributed by atoms with van der Waals surface area (Å²) in [4.78, 5) is 11.6. The largest absolute Gasteiger partial charge is 0.394 e. The standard InChI is InChI=1S/C9H17NO2S/c1-9(2,6-11)10-8(12)7-4-3-5-13-7/h7,11H,3-6H2,1-2H3,(H,10,12). The van der Waals surface area contributed by atoms with Gasteiger partial charge in [0, 0.05) is 0 Å². The molecule has 1 aliphatic rings. The lowest BCUT2D eigenvalue weighted by Crippen LogP contribution is -2.49. The molecule has 0 aliphatic carbocycles. The summed E-state index contributed by atoms with van der Waals surface area (Å²) in [6, 6.07) is 0. The predicted octanol–water partition coefficient (Wildman–Crippen LogP) is 0.769. The molecular formula is C9H17NO2S. The highest BCUT2D eigenvalue weighted by molar-refractivity contribution is 8.00. The SMILES string of the molecule is CC(C)(CO)NC(=O)C1CCCS1. The monoisotopic (exact) mass is 203 g/mol. The van der Waals surface area contributed by atoms with Crippen LogP contribution >= 0.6 is 11.8 Å². The average molecular weight is 203 g/mol. The van der Waals surface area contributed by atoms with Crippen molar-refractivity contribution in [3.8, 4) is 0 Å². The molecule has 76 valence electrons. The zero-order valence-electron chi connectivity index (χ0n) is 8.17. The van der Waals surface area contributed by atoms with Crippen LogP contribution < -0.4 is 5.32 Å². The molecule has 1 rings (SSSR count). The van der Waals surface area contributed by atoms with E-state index in [1.54, 1.807) is 11.8 Å². The predicted molar refractivity (Wildman–Crippen MR) is 54.8 cm³/mol. The van der Waals surface area contributed by atoms with Gasteiger partial charge < -0.3 is 10.4 Å². The van der Waals surface area contributed by atoms with Gasteiger partial charge in [0.1, 0.15) is 0 Å². The fourth-order valence-electron chi connectivity index (χ4n) is 1.24. The van der Waals surface area contributed by atoms with Crippen LogP contribution in [0.3, 0.4) is 0 Å². The number of carbonyl (C=O) groups excluding carboxylic acids is 1. The quantitative estimate of drug-likeness (QED) is 0.712. The third-order valence-electron chi connectivity index (χ3n) is 2.08. The lowest BCUT2D eigenvalue weighted by molar-refractivity contribution is -0.122. The molecule has 0 saturated carbocycles. The van der Waals surface area contributed by atoms with E-state index >= 15 is 0 Å². The van der Waals surface area contributed by atoms with E-state index in [0.717, 1.165) is 18.6 Å². The molecule has 3 nitrogen and oxygen atoms in total. The maximum atomic E-state index is 11.6. The minimum absolute atomic E-state index is 0.0177. The number of hydrogen-bond donors (Lipinski definition) is 2. The number of rotatable bonds is 3. The van der Waals surface area contributed by atoms with Gasteiger partial charge in [0.2, 0.25) is 5.91 Å². The van der Waals surface area contributed by atoms with E-state index in [0.29, 0.717) is 0 Å². The van der Waals surface area contributed by atoms with Gasteiger partial charge in [-0.3, -0.25) is 4.79 Å². The first-order chi connectivity index (χ1) is 6.05. The first-order valence-corrected chi connectivity index (χ1v) is 5.64. The van der Waals surface area contributed by atoms with E-state index in [-0.39, 0.29) is 17.8 Å². The van der Waals surface area contributed by atoms with Gasteiger partial charge in [-0.05, 0) is 32.4 Å². The van der Waals surface area contributed by atoms with Crippen molar-refractivity contribution in [2.75, 3.05) is 12.4 Å². The minimum Gasteiger partial charge on any atom is -0.394 e. The van der Waals surface area contributed by atoms with E-state index in [1.807, 2.05) is 13.8 Å². The molecule has 0 bridgehead atoms. The Labute approximate surface area is 83.3 Å². The first-order valence-electron chi connectivity index (χ1n) is 4.60. The molecule has 1 unspecified atom stereocenters. The number of hydrogen-bond acceptors (Lipinski definition) is 3. The molecule has 4 heteroatoms. The third kappa shape index (κ3) is 3.19. The van der Waals surface area contributed by atoms with Crippen molar-refractivity contribution in [2.24, 2.45) is 0 Å². The van der Waals surface area contributed by atoms with E-state index in [2.05, 4.69) is 5.32 Å². The fourth-order valence-corrected chi connectivity index (χ4v) is 2.40. The Balaban J connectivity index is 2.40. The van der Waals surface area contributed by atoms with E-state index in [1.165, 1.54) is 0 Å². The second kappa shape index (κ2) is 4.33. The molecular weight excluding hydrogens is 186 g/mol. The molecule has 1 atom stereocenters. The van der Waals surface area contributed by atoms with Crippen molar-refractivity contribution in [2.45, 2.75) is 37.5 Å². The molecule has 0 aromatic carbocycles. The summed E-state index contributed by atoms with van der Waals surface area (Å²) in [6.07, 6.45) is 2.10. The molecule has 0 spiro atoms. The summed E-state index contributed by atoms with van der Waals surface area (Å²) in [5.74, 6) is 1.15. The first kappa shape index (κ1) is 10.9. The Bertz CT molecular complexity index is 188. The van der Waals surface area contributed by atoms with Crippen LogP contribution in [0.4, 0.5) is 0 Å². The number of aliphatic hydroxyl groups excluding tert-OH is 1. The van der Waals surface area contributed by atoms with E-state index in [9.17, 15) is 4.79 Å². The van der Waals surface area contributed by atoms with Gasteiger partial charge in [0.25, 0.3) is 0 Å². The zero-order valence-corrected chi connectivity index (χ0v) is 8.99. The molecule has 0 aromatic rings. The fraction of sp³-hybridized carbons (Fsp3) is 0.889. The van der Waals surface area contributed by atoms with Crippen molar-refractivity contribution in [3.05, 3.63) is 0 Å². The molecule has 0 aromatic heterocycles. The van der Waals surface area contributed by atoms with Gasteiger partial charge in [-0.1, -0.05) is 0 Å². The van der Waals surface area contributed by atoms with Gasteiger partial charge in [-0.25, -0.2) is 0 Å². The Hall–Kier alpha value is -0.220. The zero-order chi connectivity index (χ0) is 9.90. The highest BCUT2D eigenvalue weighted by Gasteiger charge is 2.27. The Morgan fingerprint density at radius 3 is 2.85 bits per heavy atom. The van der Waals surface area contributed by atoms with Crippen molar-refractivity contribution >= 4 is 17.7 Å². The summed E-state index contributed by atoms with van der Waals surface area (Å²) < 4.78 is 0. The van der Waals surface area contributed by atoms with Crippen LogP contribution in [0.5, 0.6) is 0 Å². The van der Waals surface area contributed by atoms with Crippen LogP contribution in [0.1, 0.15) is 26.7 Å². The second-order valence-electron chi connectivity index (χ2n) is 4.03. The summed E-state index contributed by atoms with van der Waals surface area (Å²) in [7, 11) is 0. The molecule has 0 radical (unpaired) electrons. The molecule has 1 saturated heterocycles. The third-order valence-corrected chi connectivity index (χ3v) is 3.46. The minimum atomic E-state index is -0.486. The number of amides is 1. The lowest BCUT2D eigenvalue weighted by Gasteiger charge is -2.25. The average Bonchev–Trinajstić information content (AvgIpc) is 2.55. The van der Waals surface area contributed by atoms with Crippen LogP contribution in [-0.2, 0) is 4.79 Å². The van der Waals surface area contributed by atoms with Crippen LogP contribution in [0.25, 0.3) is 0 Å². The summed E-state index contributed by atoms with van der Waals surface area (Å²) in [5, 5.41) is 11.9. The number of nitrogens with one attached hydrogen (secondary N) is 1.